The van der Waals surface area contributed by atoms with E-state index in [1.807, 2.05) is 36.4 Å². The molecule has 0 saturated carbocycles. The van der Waals surface area contributed by atoms with Crippen LogP contribution < -0.4 is 5.43 Å². The molecule has 152 valence electrons. The summed E-state index contributed by atoms with van der Waals surface area (Å²) < 4.78 is 1.87. The first kappa shape index (κ1) is 20.8. The van der Waals surface area contributed by atoms with Gasteiger partial charge in [0.2, 0.25) is 0 Å². The monoisotopic (exact) mass is 478 g/mol. The van der Waals surface area contributed by atoms with E-state index in [2.05, 4.69) is 66.2 Å². The lowest BCUT2D eigenvalue weighted by molar-refractivity contribution is 0.467. The molecule has 4 rings (SSSR count). The van der Waals surface area contributed by atoms with Crippen molar-refractivity contribution in [3.8, 4) is 16.2 Å². The first-order valence-electron chi connectivity index (χ1n) is 10.0. The lowest BCUT2D eigenvalue weighted by atomic mass is 9.84. The minimum Gasteiger partial charge on any atom is -0.499 e. The van der Waals surface area contributed by atoms with Crippen LogP contribution in [0.3, 0.4) is 0 Å². The van der Waals surface area contributed by atoms with Gasteiger partial charge in [-0.2, -0.15) is 0 Å². The standard InChI is InChI=1S/C26H23BrO2S/c1-16(2)15-22(24-25(28)21-5-3-4-6-23(21)30-26(24)29)19-9-7-17(8-10-19)18-11-13-20(27)14-12-18/h3-14,16,22,29H,15H2,1-2H3. The maximum atomic E-state index is 13.3. The molecule has 0 spiro atoms. The van der Waals surface area contributed by atoms with Crippen LogP contribution in [0.15, 0.2) is 82.1 Å². The van der Waals surface area contributed by atoms with Crippen LogP contribution in [0.4, 0.5) is 0 Å². The summed E-state index contributed by atoms with van der Waals surface area (Å²) in [5.41, 5.74) is 3.78. The molecule has 3 aromatic carbocycles. The van der Waals surface area contributed by atoms with Crippen LogP contribution in [0, 0.1) is 5.92 Å². The Labute approximate surface area is 189 Å². The van der Waals surface area contributed by atoms with Crippen LogP contribution in [-0.2, 0) is 0 Å². The molecule has 1 N–H and O–H groups in total. The van der Waals surface area contributed by atoms with Crippen LogP contribution in [0.1, 0.15) is 37.3 Å². The highest BCUT2D eigenvalue weighted by molar-refractivity contribution is 9.10. The van der Waals surface area contributed by atoms with E-state index in [4.69, 9.17) is 0 Å². The molecule has 1 atom stereocenters. The molecule has 1 unspecified atom stereocenters. The highest BCUT2D eigenvalue weighted by Crippen LogP contribution is 2.39. The quantitative estimate of drug-likeness (QED) is 0.321. The topological polar surface area (TPSA) is 37.3 Å². The molecule has 0 radical (unpaired) electrons. The van der Waals surface area contributed by atoms with E-state index in [9.17, 15) is 9.90 Å². The Kier molecular flexibility index (Phi) is 6.07. The normalized spacial score (nSPS) is 12.4. The molecule has 0 saturated heterocycles. The number of halogens is 1. The summed E-state index contributed by atoms with van der Waals surface area (Å²) in [5, 5.41) is 11.6. The summed E-state index contributed by atoms with van der Waals surface area (Å²) in [4.78, 5) is 13.3. The van der Waals surface area contributed by atoms with Gasteiger partial charge in [-0.1, -0.05) is 89.6 Å². The van der Waals surface area contributed by atoms with Gasteiger partial charge in [-0.05, 0) is 53.3 Å². The molecule has 0 aliphatic carbocycles. The summed E-state index contributed by atoms with van der Waals surface area (Å²) in [6.45, 7) is 4.30. The molecular formula is C26H23BrO2S. The van der Waals surface area contributed by atoms with Crippen molar-refractivity contribution in [2.45, 2.75) is 26.2 Å². The third kappa shape index (κ3) is 4.21. The predicted octanol–water partition coefficient (Wildman–Crippen LogP) is 7.57. The number of rotatable bonds is 5. The second-order valence-electron chi connectivity index (χ2n) is 7.96. The van der Waals surface area contributed by atoms with E-state index in [1.165, 1.54) is 11.3 Å². The van der Waals surface area contributed by atoms with Gasteiger partial charge in [0.05, 0.1) is 5.56 Å². The van der Waals surface area contributed by atoms with Crippen molar-refractivity contribution in [2.75, 3.05) is 0 Å². The lowest BCUT2D eigenvalue weighted by Gasteiger charge is -2.21. The summed E-state index contributed by atoms with van der Waals surface area (Å²) >= 11 is 4.76. The van der Waals surface area contributed by atoms with Gasteiger partial charge in [0.25, 0.3) is 0 Å². The van der Waals surface area contributed by atoms with Gasteiger partial charge in [-0.15, -0.1) is 0 Å². The molecule has 0 amide bonds. The second kappa shape index (κ2) is 8.75. The summed E-state index contributed by atoms with van der Waals surface area (Å²) in [6, 6.07) is 24.1. The number of aromatic hydroxyl groups is 1. The van der Waals surface area contributed by atoms with Crippen molar-refractivity contribution in [1.82, 2.24) is 0 Å². The minimum absolute atomic E-state index is 0.0653. The number of fused-ring (bicyclic) bond motifs is 1. The molecule has 0 fully saturated rings. The maximum absolute atomic E-state index is 13.3. The van der Waals surface area contributed by atoms with Gasteiger partial charge >= 0.3 is 0 Å². The van der Waals surface area contributed by atoms with Crippen molar-refractivity contribution in [1.29, 1.82) is 0 Å². The van der Waals surface area contributed by atoms with E-state index in [-0.39, 0.29) is 16.4 Å². The molecule has 0 aliphatic heterocycles. The zero-order valence-electron chi connectivity index (χ0n) is 16.9. The van der Waals surface area contributed by atoms with E-state index in [1.54, 1.807) is 0 Å². The molecule has 1 aromatic heterocycles. The summed E-state index contributed by atoms with van der Waals surface area (Å²) in [7, 11) is 0. The third-order valence-electron chi connectivity index (χ3n) is 5.36. The van der Waals surface area contributed by atoms with Crippen molar-refractivity contribution in [2.24, 2.45) is 5.92 Å². The molecule has 4 aromatic rings. The van der Waals surface area contributed by atoms with Crippen LogP contribution >= 0.6 is 27.3 Å². The van der Waals surface area contributed by atoms with Crippen LogP contribution in [0.25, 0.3) is 21.2 Å². The fourth-order valence-corrected chi connectivity index (χ4v) is 5.13. The van der Waals surface area contributed by atoms with E-state index >= 15 is 0 Å². The number of benzene rings is 3. The Hall–Kier alpha value is -2.43. The number of hydrogen-bond acceptors (Lipinski definition) is 3. The molecule has 0 aliphatic rings. The average Bonchev–Trinajstić information content (AvgIpc) is 2.73. The highest BCUT2D eigenvalue weighted by Gasteiger charge is 2.24. The maximum Gasteiger partial charge on any atom is 0.195 e. The minimum atomic E-state index is -0.141. The first-order chi connectivity index (χ1) is 14.4. The third-order valence-corrected chi connectivity index (χ3v) is 6.88. The Bertz CT molecular complexity index is 1220. The van der Waals surface area contributed by atoms with Crippen molar-refractivity contribution >= 4 is 37.4 Å². The Morgan fingerprint density at radius 2 is 1.50 bits per heavy atom. The predicted molar refractivity (Wildman–Crippen MR) is 131 cm³/mol. The number of hydrogen-bond donors (Lipinski definition) is 1. The van der Waals surface area contributed by atoms with Gasteiger partial charge < -0.3 is 5.11 Å². The SMILES string of the molecule is CC(C)CC(c1ccc(-c2ccc(Br)cc2)cc1)c1c(O)sc2ccccc2c1=O. The molecule has 4 heteroatoms. The van der Waals surface area contributed by atoms with Crippen molar-refractivity contribution < 1.29 is 5.11 Å². The van der Waals surface area contributed by atoms with Gasteiger partial charge in [0.1, 0.15) is 0 Å². The smallest absolute Gasteiger partial charge is 0.195 e. The second-order valence-corrected chi connectivity index (χ2v) is 9.90. The largest absolute Gasteiger partial charge is 0.499 e. The first-order valence-corrected chi connectivity index (χ1v) is 11.7. The van der Waals surface area contributed by atoms with Crippen molar-refractivity contribution in [3.05, 3.63) is 98.6 Å². The Balaban J connectivity index is 1.80. The van der Waals surface area contributed by atoms with Crippen LogP contribution in [0.5, 0.6) is 5.06 Å². The van der Waals surface area contributed by atoms with Gasteiger partial charge in [-0.25, -0.2) is 0 Å². The molecule has 1 heterocycles. The molecule has 30 heavy (non-hydrogen) atoms. The van der Waals surface area contributed by atoms with Crippen LogP contribution in [0.2, 0.25) is 0 Å². The molecular weight excluding hydrogens is 456 g/mol. The fourth-order valence-electron chi connectivity index (χ4n) is 3.89. The molecule has 0 bridgehead atoms. The van der Waals surface area contributed by atoms with Crippen molar-refractivity contribution in [3.63, 3.8) is 0 Å². The average molecular weight is 479 g/mol. The molecule has 2 nitrogen and oxygen atoms in total. The van der Waals surface area contributed by atoms with Gasteiger partial charge in [0, 0.05) is 20.5 Å². The zero-order valence-corrected chi connectivity index (χ0v) is 19.3. The lowest BCUT2D eigenvalue weighted by Crippen LogP contribution is -2.16. The summed E-state index contributed by atoms with van der Waals surface area (Å²) in [6.07, 6.45) is 0.797. The Morgan fingerprint density at radius 3 is 2.13 bits per heavy atom. The van der Waals surface area contributed by atoms with Gasteiger partial charge in [0.15, 0.2) is 10.5 Å². The van der Waals surface area contributed by atoms with E-state index in [0.29, 0.717) is 16.9 Å². The van der Waals surface area contributed by atoms with Crippen LogP contribution in [-0.4, -0.2) is 5.11 Å². The van der Waals surface area contributed by atoms with Gasteiger partial charge in [-0.3, -0.25) is 4.79 Å². The van der Waals surface area contributed by atoms with E-state index in [0.717, 1.165) is 32.3 Å². The fraction of sp³-hybridized carbons (Fsp3) is 0.192. The Morgan fingerprint density at radius 1 is 0.900 bits per heavy atom. The zero-order chi connectivity index (χ0) is 21.3. The van der Waals surface area contributed by atoms with E-state index < -0.39 is 0 Å². The highest BCUT2D eigenvalue weighted by atomic mass is 79.9. The summed E-state index contributed by atoms with van der Waals surface area (Å²) in [5.74, 6) is 0.244.